The number of hydrogen-bond donors (Lipinski definition) is 2. The van der Waals surface area contributed by atoms with Gasteiger partial charge in [0.15, 0.2) is 5.82 Å². The van der Waals surface area contributed by atoms with Gasteiger partial charge in [-0.1, -0.05) is 0 Å². The van der Waals surface area contributed by atoms with Gasteiger partial charge in [0.05, 0.1) is 0 Å². The van der Waals surface area contributed by atoms with E-state index in [1.54, 1.807) is 12.4 Å². The van der Waals surface area contributed by atoms with Crippen LogP contribution in [0.25, 0.3) is 0 Å². The molecule has 1 amide bonds. The number of nitrogens with zero attached hydrogens (tertiary/aromatic N) is 2. The second-order valence-corrected chi connectivity index (χ2v) is 4.82. The molecule has 3 atom stereocenters. The van der Waals surface area contributed by atoms with Crippen LogP contribution in [0, 0.1) is 11.8 Å². The van der Waals surface area contributed by atoms with Crippen molar-refractivity contribution >= 4 is 5.91 Å². The van der Waals surface area contributed by atoms with Gasteiger partial charge in [-0.15, -0.1) is 0 Å². The Morgan fingerprint density at radius 1 is 1.44 bits per heavy atom. The summed E-state index contributed by atoms with van der Waals surface area (Å²) >= 11 is 0. The Morgan fingerprint density at radius 3 is 2.69 bits per heavy atom. The minimum atomic E-state index is 0.00815. The lowest BCUT2D eigenvalue weighted by atomic mass is 9.93. The van der Waals surface area contributed by atoms with Gasteiger partial charge in [-0.2, -0.15) is 0 Å². The van der Waals surface area contributed by atoms with E-state index in [9.17, 15) is 4.79 Å². The number of carbonyl (C=O) groups is 1. The van der Waals surface area contributed by atoms with E-state index in [2.05, 4.69) is 9.97 Å². The highest BCUT2D eigenvalue weighted by molar-refractivity contribution is 5.90. The third-order valence-corrected chi connectivity index (χ3v) is 3.89. The molecule has 3 N–H and O–H groups in total. The standard InChI is InChI=1S/C11H16N4O/c12-9-7-1-2-8(9)6-15(5-7)11(16)10-13-3-4-14-10/h3-4,7-9H,1-2,5-6,12H2,(H,13,14)/t7-,8+,9?. The highest BCUT2D eigenvalue weighted by atomic mass is 16.2. The number of aromatic nitrogens is 2. The maximum absolute atomic E-state index is 12.1. The Kier molecular flexibility index (Phi) is 2.21. The first-order valence-electron chi connectivity index (χ1n) is 5.80. The van der Waals surface area contributed by atoms with Crippen LogP contribution < -0.4 is 5.73 Å². The molecule has 5 heteroatoms. The van der Waals surface area contributed by atoms with Crippen molar-refractivity contribution in [3.05, 3.63) is 18.2 Å². The maximum Gasteiger partial charge on any atom is 0.289 e. The topological polar surface area (TPSA) is 75.0 Å². The van der Waals surface area contributed by atoms with Gasteiger partial charge < -0.3 is 15.6 Å². The van der Waals surface area contributed by atoms with Gasteiger partial charge in [0.25, 0.3) is 5.91 Å². The summed E-state index contributed by atoms with van der Waals surface area (Å²) < 4.78 is 0. The molecule has 1 saturated heterocycles. The Labute approximate surface area is 94.0 Å². The van der Waals surface area contributed by atoms with E-state index in [0.717, 1.165) is 25.9 Å². The molecule has 0 aromatic carbocycles. The summed E-state index contributed by atoms with van der Waals surface area (Å²) in [7, 11) is 0. The summed E-state index contributed by atoms with van der Waals surface area (Å²) in [6, 6.07) is 0.292. The van der Waals surface area contributed by atoms with Gasteiger partial charge in [0.2, 0.25) is 0 Å². The minimum Gasteiger partial charge on any atom is -0.341 e. The average molecular weight is 220 g/mol. The van der Waals surface area contributed by atoms with Crippen molar-refractivity contribution in [2.75, 3.05) is 13.1 Å². The molecule has 1 unspecified atom stereocenters. The number of hydrogen-bond acceptors (Lipinski definition) is 3. The molecule has 3 rings (SSSR count). The van der Waals surface area contributed by atoms with Crippen LogP contribution in [0.2, 0.25) is 0 Å². The number of likely N-dealkylation sites (tertiary alicyclic amines) is 1. The van der Waals surface area contributed by atoms with Crippen molar-refractivity contribution < 1.29 is 4.79 Å². The number of piperidine rings is 1. The number of aromatic amines is 1. The summed E-state index contributed by atoms with van der Waals surface area (Å²) in [4.78, 5) is 20.8. The smallest absolute Gasteiger partial charge is 0.289 e. The van der Waals surface area contributed by atoms with E-state index in [1.807, 2.05) is 4.90 Å². The van der Waals surface area contributed by atoms with Gasteiger partial charge in [-0.05, 0) is 24.7 Å². The molecule has 1 aliphatic carbocycles. The largest absolute Gasteiger partial charge is 0.341 e. The first-order valence-corrected chi connectivity index (χ1v) is 5.80. The van der Waals surface area contributed by atoms with Crippen LogP contribution in [0.1, 0.15) is 23.5 Å². The second-order valence-electron chi connectivity index (χ2n) is 4.82. The normalized spacial score (nSPS) is 33.1. The molecule has 2 heterocycles. The van der Waals surface area contributed by atoms with Gasteiger partial charge in [0.1, 0.15) is 0 Å². The summed E-state index contributed by atoms with van der Waals surface area (Å²) in [5.41, 5.74) is 6.10. The number of nitrogens with two attached hydrogens (primary N) is 1. The van der Waals surface area contributed by atoms with Crippen LogP contribution in [0.3, 0.4) is 0 Å². The number of carbonyl (C=O) groups excluding carboxylic acids is 1. The molecule has 1 aliphatic heterocycles. The molecule has 0 radical (unpaired) electrons. The SMILES string of the molecule is NC1[C@@H]2CC[C@H]1CN(C(=O)c1ncc[nH]1)C2. The van der Waals surface area contributed by atoms with Crippen LogP contribution in [0.4, 0.5) is 0 Å². The summed E-state index contributed by atoms with van der Waals surface area (Å²) in [5, 5.41) is 0. The first-order chi connectivity index (χ1) is 7.75. The number of nitrogens with one attached hydrogen (secondary N) is 1. The molecular formula is C11H16N4O. The average Bonchev–Trinajstić information content (AvgIpc) is 2.85. The predicted octanol–water partition coefficient (Wildman–Crippen LogP) is 0.219. The molecule has 5 nitrogen and oxygen atoms in total. The van der Waals surface area contributed by atoms with Crippen molar-refractivity contribution in [2.45, 2.75) is 18.9 Å². The fourth-order valence-corrected chi connectivity index (χ4v) is 2.96. The number of H-pyrrole nitrogens is 1. The van der Waals surface area contributed by atoms with Gasteiger partial charge in [0, 0.05) is 31.5 Å². The second kappa shape index (κ2) is 3.59. The Hall–Kier alpha value is -1.36. The van der Waals surface area contributed by atoms with Crippen LogP contribution >= 0.6 is 0 Å². The molecule has 86 valence electrons. The molecule has 2 aliphatic rings. The lowest BCUT2D eigenvalue weighted by Gasteiger charge is -2.35. The summed E-state index contributed by atoms with van der Waals surface area (Å²) in [5.74, 6) is 1.42. The van der Waals surface area contributed by atoms with Crippen molar-refractivity contribution in [2.24, 2.45) is 17.6 Å². The Balaban J connectivity index is 1.76. The van der Waals surface area contributed by atoms with Crippen molar-refractivity contribution in [1.29, 1.82) is 0 Å². The number of amides is 1. The number of imidazole rings is 1. The molecule has 16 heavy (non-hydrogen) atoms. The van der Waals surface area contributed by atoms with Crippen LogP contribution in [-0.4, -0.2) is 39.9 Å². The highest BCUT2D eigenvalue weighted by Gasteiger charge is 2.41. The molecule has 1 aromatic heterocycles. The molecule has 2 bridgehead atoms. The van der Waals surface area contributed by atoms with Crippen LogP contribution in [-0.2, 0) is 0 Å². The van der Waals surface area contributed by atoms with E-state index in [1.165, 1.54) is 0 Å². The van der Waals surface area contributed by atoms with Crippen molar-refractivity contribution in [3.8, 4) is 0 Å². The maximum atomic E-state index is 12.1. The van der Waals surface area contributed by atoms with E-state index < -0.39 is 0 Å². The first kappa shape index (κ1) is 9.84. The lowest BCUT2D eigenvalue weighted by molar-refractivity contribution is 0.0626. The fourth-order valence-electron chi connectivity index (χ4n) is 2.96. The van der Waals surface area contributed by atoms with Crippen LogP contribution in [0.15, 0.2) is 12.4 Å². The Morgan fingerprint density at radius 2 is 2.12 bits per heavy atom. The van der Waals surface area contributed by atoms with Gasteiger partial charge in [-0.25, -0.2) is 4.98 Å². The Bertz CT molecular complexity index is 375. The zero-order chi connectivity index (χ0) is 11.1. The quantitative estimate of drug-likeness (QED) is 0.711. The van der Waals surface area contributed by atoms with Crippen molar-refractivity contribution in [1.82, 2.24) is 14.9 Å². The van der Waals surface area contributed by atoms with E-state index in [0.29, 0.717) is 23.7 Å². The third-order valence-electron chi connectivity index (χ3n) is 3.89. The van der Waals surface area contributed by atoms with E-state index in [-0.39, 0.29) is 5.91 Å². The number of fused-ring (bicyclic) bond motifs is 2. The van der Waals surface area contributed by atoms with E-state index >= 15 is 0 Å². The monoisotopic (exact) mass is 220 g/mol. The van der Waals surface area contributed by atoms with E-state index in [4.69, 9.17) is 5.73 Å². The number of rotatable bonds is 1. The van der Waals surface area contributed by atoms with Crippen LogP contribution in [0.5, 0.6) is 0 Å². The van der Waals surface area contributed by atoms with Gasteiger partial charge >= 0.3 is 0 Å². The molecular weight excluding hydrogens is 204 g/mol. The molecule has 0 spiro atoms. The predicted molar refractivity (Wildman–Crippen MR) is 58.7 cm³/mol. The zero-order valence-corrected chi connectivity index (χ0v) is 9.10. The third kappa shape index (κ3) is 1.43. The lowest BCUT2D eigenvalue weighted by Crippen LogP contribution is -2.50. The summed E-state index contributed by atoms with van der Waals surface area (Å²) in [6.45, 7) is 1.58. The molecule has 1 saturated carbocycles. The minimum absolute atomic E-state index is 0.00815. The fraction of sp³-hybridized carbons (Fsp3) is 0.636. The highest BCUT2D eigenvalue weighted by Crippen LogP contribution is 2.35. The zero-order valence-electron chi connectivity index (χ0n) is 9.10. The molecule has 1 aromatic rings. The molecule has 2 fully saturated rings. The van der Waals surface area contributed by atoms with Gasteiger partial charge in [-0.3, -0.25) is 4.79 Å². The summed E-state index contributed by atoms with van der Waals surface area (Å²) in [6.07, 6.45) is 5.61. The van der Waals surface area contributed by atoms with Crippen molar-refractivity contribution in [3.63, 3.8) is 0 Å².